The van der Waals surface area contributed by atoms with Crippen LogP contribution in [0.5, 0.6) is 5.88 Å². The molecule has 0 radical (unpaired) electrons. The fraction of sp³-hybridized carbons (Fsp3) is 0.500. The van der Waals surface area contributed by atoms with Crippen LogP contribution >= 0.6 is 0 Å². The molecule has 110 valence electrons. The Balaban J connectivity index is 2.85. The average Bonchev–Trinajstić information content (AvgIpc) is 2.42. The molecule has 1 aromatic heterocycles. The van der Waals surface area contributed by atoms with E-state index in [9.17, 15) is 9.59 Å². The van der Waals surface area contributed by atoms with Crippen LogP contribution < -0.4 is 4.74 Å². The average molecular weight is 280 g/mol. The molecule has 0 aliphatic heterocycles. The summed E-state index contributed by atoms with van der Waals surface area (Å²) in [4.78, 5) is 28.7. The number of pyridine rings is 1. The molecule has 0 aromatic carbocycles. The lowest BCUT2D eigenvalue weighted by Gasteiger charge is -2.27. The van der Waals surface area contributed by atoms with Gasteiger partial charge in [0, 0.05) is 25.2 Å². The summed E-state index contributed by atoms with van der Waals surface area (Å²) < 4.78 is 5.09. The number of nitrogens with zero attached hydrogens (tertiary/aromatic N) is 2. The van der Waals surface area contributed by atoms with E-state index in [0.29, 0.717) is 18.5 Å². The van der Waals surface area contributed by atoms with Crippen LogP contribution in [0.2, 0.25) is 0 Å². The second-order valence-electron chi connectivity index (χ2n) is 4.65. The number of hydrogen-bond donors (Lipinski definition) is 1. The summed E-state index contributed by atoms with van der Waals surface area (Å²) in [5.41, 5.74) is 0.388. The van der Waals surface area contributed by atoms with Crippen LogP contribution in [0, 0.1) is 0 Å². The van der Waals surface area contributed by atoms with E-state index in [1.54, 1.807) is 23.2 Å². The van der Waals surface area contributed by atoms with E-state index < -0.39 is 5.97 Å². The summed E-state index contributed by atoms with van der Waals surface area (Å²) in [6.45, 7) is 4.17. The number of ether oxygens (including phenoxy) is 1. The zero-order valence-electron chi connectivity index (χ0n) is 12.0. The highest BCUT2D eigenvalue weighted by Crippen LogP contribution is 2.18. The predicted octanol–water partition coefficient (Wildman–Crippen LogP) is 1.81. The lowest BCUT2D eigenvalue weighted by atomic mass is 10.2. The van der Waals surface area contributed by atoms with Gasteiger partial charge in [0.05, 0.1) is 7.11 Å². The molecule has 0 fully saturated rings. The zero-order valence-corrected chi connectivity index (χ0v) is 12.0. The number of aromatic nitrogens is 1. The smallest absolute Gasteiger partial charge is 0.303 e. The number of aliphatic carboxylic acids is 1. The zero-order chi connectivity index (χ0) is 15.1. The van der Waals surface area contributed by atoms with Gasteiger partial charge < -0.3 is 14.7 Å². The fourth-order valence-electron chi connectivity index (χ4n) is 1.87. The number of methoxy groups -OCH3 is 1. The number of carboxylic acids is 1. The van der Waals surface area contributed by atoms with Crippen LogP contribution in [0.1, 0.15) is 37.0 Å². The van der Waals surface area contributed by atoms with E-state index in [1.165, 1.54) is 7.11 Å². The summed E-state index contributed by atoms with van der Waals surface area (Å²) in [6.07, 6.45) is 2.02. The lowest BCUT2D eigenvalue weighted by Crippen LogP contribution is -2.38. The molecule has 0 unspecified atom stereocenters. The van der Waals surface area contributed by atoms with E-state index in [-0.39, 0.29) is 24.2 Å². The van der Waals surface area contributed by atoms with Gasteiger partial charge in [-0.2, -0.15) is 0 Å². The molecule has 1 N–H and O–H groups in total. The fourth-order valence-corrected chi connectivity index (χ4v) is 1.87. The van der Waals surface area contributed by atoms with E-state index in [2.05, 4.69) is 4.98 Å². The second kappa shape index (κ2) is 7.47. The Labute approximate surface area is 118 Å². The highest BCUT2D eigenvalue weighted by atomic mass is 16.5. The first kappa shape index (κ1) is 15.9. The molecule has 20 heavy (non-hydrogen) atoms. The predicted molar refractivity (Wildman–Crippen MR) is 73.8 cm³/mol. The molecule has 1 aromatic rings. The summed E-state index contributed by atoms with van der Waals surface area (Å²) in [5.74, 6) is -0.781. The molecule has 1 rings (SSSR count). The van der Waals surface area contributed by atoms with Gasteiger partial charge in [0.15, 0.2) is 0 Å². The summed E-state index contributed by atoms with van der Waals surface area (Å²) >= 11 is 0. The lowest BCUT2D eigenvalue weighted by molar-refractivity contribution is -0.137. The summed E-state index contributed by atoms with van der Waals surface area (Å²) in [7, 11) is 1.46. The summed E-state index contributed by atoms with van der Waals surface area (Å²) in [6, 6.07) is 3.30. The molecule has 0 bridgehead atoms. The Morgan fingerprint density at radius 1 is 1.45 bits per heavy atom. The maximum Gasteiger partial charge on any atom is 0.303 e. The molecule has 1 amide bonds. The number of hydrogen-bond acceptors (Lipinski definition) is 4. The monoisotopic (exact) mass is 280 g/mol. The van der Waals surface area contributed by atoms with Crippen LogP contribution in [0.15, 0.2) is 18.3 Å². The van der Waals surface area contributed by atoms with Gasteiger partial charge in [-0.15, -0.1) is 0 Å². The van der Waals surface area contributed by atoms with E-state index in [0.717, 1.165) is 0 Å². The van der Waals surface area contributed by atoms with Gasteiger partial charge in [0.25, 0.3) is 5.91 Å². The van der Waals surface area contributed by atoms with Crippen molar-refractivity contribution < 1.29 is 19.4 Å². The Kier molecular flexibility index (Phi) is 5.96. The van der Waals surface area contributed by atoms with E-state index in [1.807, 2.05) is 13.8 Å². The normalized spacial score (nSPS) is 10.4. The molecule has 0 atom stereocenters. The Bertz CT molecular complexity index is 474. The third kappa shape index (κ3) is 4.22. The van der Waals surface area contributed by atoms with Crippen molar-refractivity contribution in [2.75, 3.05) is 13.7 Å². The SMILES string of the molecule is COc1ncccc1C(=O)N(CCCC(=O)O)C(C)C. The number of rotatable bonds is 7. The van der Waals surface area contributed by atoms with Crippen LogP contribution in [0.25, 0.3) is 0 Å². The number of carbonyl (C=O) groups is 2. The van der Waals surface area contributed by atoms with Crippen molar-refractivity contribution in [3.05, 3.63) is 23.9 Å². The van der Waals surface area contributed by atoms with Gasteiger partial charge in [-0.25, -0.2) is 4.98 Å². The Morgan fingerprint density at radius 3 is 2.70 bits per heavy atom. The molecule has 1 heterocycles. The van der Waals surface area contributed by atoms with Crippen molar-refractivity contribution in [2.45, 2.75) is 32.7 Å². The molecular weight excluding hydrogens is 260 g/mol. The van der Waals surface area contributed by atoms with Gasteiger partial charge in [0.2, 0.25) is 5.88 Å². The van der Waals surface area contributed by atoms with Gasteiger partial charge in [-0.05, 0) is 32.4 Å². The number of amides is 1. The van der Waals surface area contributed by atoms with Crippen molar-refractivity contribution in [3.8, 4) is 5.88 Å². The molecule has 0 saturated heterocycles. The Morgan fingerprint density at radius 2 is 2.15 bits per heavy atom. The van der Waals surface area contributed by atoms with Crippen molar-refractivity contribution >= 4 is 11.9 Å². The van der Waals surface area contributed by atoms with Crippen molar-refractivity contribution in [2.24, 2.45) is 0 Å². The van der Waals surface area contributed by atoms with Crippen molar-refractivity contribution in [3.63, 3.8) is 0 Å². The van der Waals surface area contributed by atoms with Crippen molar-refractivity contribution in [1.29, 1.82) is 0 Å². The van der Waals surface area contributed by atoms with Crippen LogP contribution in [-0.2, 0) is 4.79 Å². The molecule has 0 aliphatic carbocycles. The molecular formula is C14H20N2O4. The van der Waals surface area contributed by atoms with E-state index in [4.69, 9.17) is 9.84 Å². The maximum atomic E-state index is 12.5. The minimum absolute atomic E-state index is 0.0267. The molecule has 0 spiro atoms. The first-order valence-corrected chi connectivity index (χ1v) is 6.49. The highest BCUT2D eigenvalue weighted by Gasteiger charge is 2.22. The van der Waals surface area contributed by atoms with Crippen LogP contribution in [0.3, 0.4) is 0 Å². The molecule has 6 heteroatoms. The number of carboxylic acid groups (broad SMARTS) is 1. The van der Waals surface area contributed by atoms with Crippen LogP contribution in [0.4, 0.5) is 0 Å². The summed E-state index contributed by atoms with van der Waals surface area (Å²) in [5, 5.41) is 8.67. The van der Waals surface area contributed by atoms with Gasteiger partial charge in [-0.1, -0.05) is 0 Å². The maximum absolute atomic E-state index is 12.5. The quantitative estimate of drug-likeness (QED) is 0.824. The topological polar surface area (TPSA) is 79.7 Å². The van der Waals surface area contributed by atoms with E-state index >= 15 is 0 Å². The minimum atomic E-state index is -0.861. The minimum Gasteiger partial charge on any atom is -0.481 e. The van der Waals surface area contributed by atoms with Gasteiger partial charge in [0.1, 0.15) is 5.56 Å². The molecule has 0 aliphatic rings. The van der Waals surface area contributed by atoms with Gasteiger partial charge in [-0.3, -0.25) is 9.59 Å². The standard InChI is InChI=1S/C14H20N2O4/c1-10(2)16(9-5-7-12(17)18)14(19)11-6-4-8-15-13(11)20-3/h4,6,8,10H,5,7,9H2,1-3H3,(H,17,18). The molecule has 0 saturated carbocycles. The Hall–Kier alpha value is -2.11. The third-order valence-electron chi connectivity index (χ3n) is 2.87. The van der Waals surface area contributed by atoms with Crippen LogP contribution in [-0.4, -0.2) is 46.6 Å². The second-order valence-corrected chi connectivity index (χ2v) is 4.65. The molecule has 6 nitrogen and oxygen atoms in total. The first-order chi connectivity index (χ1) is 9.47. The highest BCUT2D eigenvalue weighted by molar-refractivity contribution is 5.96. The number of carbonyl (C=O) groups excluding carboxylic acids is 1. The third-order valence-corrected chi connectivity index (χ3v) is 2.87. The first-order valence-electron chi connectivity index (χ1n) is 6.49. The van der Waals surface area contributed by atoms with Crippen molar-refractivity contribution in [1.82, 2.24) is 9.88 Å². The van der Waals surface area contributed by atoms with Gasteiger partial charge >= 0.3 is 5.97 Å². The largest absolute Gasteiger partial charge is 0.481 e.